The van der Waals surface area contributed by atoms with Crippen molar-refractivity contribution in [2.45, 2.75) is 0 Å². The Bertz CT molecular complexity index is 1210. The van der Waals surface area contributed by atoms with Crippen LogP contribution in [0.5, 0.6) is 0 Å². The zero-order chi connectivity index (χ0) is 16.1. The summed E-state index contributed by atoms with van der Waals surface area (Å²) in [6.07, 6.45) is 0. The molecule has 2 aromatic heterocycles. The van der Waals surface area contributed by atoms with Gasteiger partial charge in [0.2, 0.25) is 0 Å². The highest BCUT2D eigenvalue weighted by Gasteiger charge is 2.13. The summed E-state index contributed by atoms with van der Waals surface area (Å²) in [5.74, 6) is 0. The summed E-state index contributed by atoms with van der Waals surface area (Å²) in [4.78, 5) is 4.91. The van der Waals surface area contributed by atoms with E-state index in [1.54, 1.807) is 0 Å². The zero-order valence-corrected chi connectivity index (χ0v) is 14.4. The maximum atomic E-state index is 4.91. The number of rotatable bonds is 1. The predicted octanol–water partition coefficient (Wildman–Crippen LogP) is 6.07. The average molecular weight is 373 g/mol. The van der Waals surface area contributed by atoms with Crippen LogP contribution in [0.15, 0.2) is 83.3 Å². The summed E-state index contributed by atoms with van der Waals surface area (Å²) in [6.45, 7) is 0. The number of imidazole rings is 1. The molecule has 0 aliphatic carbocycles. The van der Waals surface area contributed by atoms with E-state index in [0.717, 1.165) is 32.2 Å². The molecule has 0 aliphatic heterocycles. The number of hydrogen-bond acceptors (Lipinski definition) is 1. The number of nitrogens with zero attached hydrogens (tertiary/aromatic N) is 2. The fourth-order valence-electron chi connectivity index (χ4n) is 3.34. The van der Waals surface area contributed by atoms with Gasteiger partial charge in [-0.1, -0.05) is 58.4 Å². The largest absolute Gasteiger partial charge is 0.292 e. The van der Waals surface area contributed by atoms with Crippen molar-refractivity contribution in [3.63, 3.8) is 0 Å². The lowest BCUT2D eigenvalue weighted by atomic mass is 10.1. The van der Waals surface area contributed by atoms with Gasteiger partial charge >= 0.3 is 0 Å². The first-order valence-corrected chi connectivity index (χ1v) is 8.65. The fraction of sp³-hybridized carbons (Fsp3) is 0. The summed E-state index contributed by atoms with van der Waals surface area (Å²) in [5, 5.41) is 2.35. The van der Waals surface area contributed by atoms with E-state index in [1.165, 1.54) is 10.9 Å². The molecule has 0 amide bonds. The Kier molecular flexibility index (Phi) is 2.97. The van der Waals surface area contributed by atoms with Crippen molar-refractivity contribution in [1.82, 2.24) is 9.38 Å². The van der Waals surface area contributed by atoms with E-state index in [-0.39, 0.29) is 0 Å². The molecule has 0 fully saturated rings. The first-order valence-electron chi connectivity index (χ1n) is 7.86. The van der Waals surface area contributed by atoms with Crippen LogP contribution in [0, 0.1) is 0 Å². The highest BCUT2D eigenvalue weighted by molar-refractivity contribution is 9.10. The minimum atomic E-state index is 1.00. The van der Waals surface area contributed by atoms with E-state index in [0.29, 0.717) is 0 Å². The van der Waals surface area contributed by atoms with Crippen LogP contribution in [0.3, 0.4) is 0 Å². The van der Waals surface area contributed by atoms with Crippen molar-refractivity contribution in [2.75, 3.05) is 0 Å². The maximum absolute atomic E-state index is 4.91. The second-order valence-electron chi connectivity index (χ2n) is 5.89. The van der Waals surface area contributed by atoms with Gasteiger partial charge in [-0.2, -0.15) is 0 Å². The average Bonchev–Trinajstić information content (AvgIpc) is 3.01. The van der Waals surface area contributed by atoms with E-state index >= 15 is 0 Å². The molecule has 0 aliphatic rings. The molecule has 5 aromatic rings. The Morgan fingerprint density at radius 3 is 2.46 bits per heavy atom. The number of aromatic nitrogens is 2. The summed E-state index contributed by atoms with van der Waals surface area (Å²) in [7, 11) is 0. The third kappa shape index (κ3) is 1.98. The molecule has 2 nitrogen and oxygen atoms in total. The van der Waals surface area contributed by atoms with Crippen molar-refractivity contribution < 1.29 is 0 Å². The summed E-state index contributed by atoms with van der Waals surface area (Å²) in [6, 6.07) is 27.4. The van der Waals surface area contributed by atoms with Crippen LogP contribution < -0.4 is 0 Å². The molecule has 0 unspecified atom stereocenters. The van der Waals surface area contributed by atoms with Gasteiger partial charge in [-0.05, 0) is 47.3 Å². The van der Waals surface area contributed by atoms with Gasteiger partial charge in [-0.25, -0.2) is 4.98 Å². The number of pyridine rings is 1. The molecular weight excluding hydrogens is 360 g/mol. The Hall–Kier alpha value is -2.65. The first-order chi connectivity index (χ1) is 11.8. The van der Waals surface area contributed by atoms with E-state index in [4.69, 9.17) is 4.98 Å². The molecule has 0 atom stereocenters. The summed E-state index contributed by atoms with van der Waals surface area (Å²) >= 11 is 3.58. The van der Waals surface area contributed by atoms with E-state index in [9.17, 15) is 0 Å². The zero-order valence-electron chi connectivity index (χ0n) is 12.8. The van der Waals surface area contributed by atoms with E-state index in [2.05, 4.69) is 87.1 Å². The number of halogens is 1. The molecule has 24 heavy (non-hydrogen) atoms. The number of benzene rings is 3. The molecule has 114 valence electrons. The standard InChI is InChI=1S/C21H13BrN2/c22-16-10-11-17-15(12-16)13-20(14-6-2-1-3-7-14)24-19-9-5-4-8-18(19)23-21(17)24/h1-13H. The minimum Gasteiger partial charge on any atom is -0.292 e. The van der Waals surface area contributed by atoms with Crippen molar-refractivity contribution in [3.8, 4) is 11.3 Å². The lowest BCUT2D eigenvalue weighted by Gasteiger charge is -2.10. The van der Waals surface area contributed by atoms with Crippen molar-refractivity contribution in [3.05, 3.63) is 83.3 Å². The Balaban J connectivity index is 2.05. The number of fused-ring (bicyclic) bond motifs is 5. The van der Waals surface area contributed by atoms with Gasteiger partial charge in [0, 0.05) is 9.86 Å². The molecule has 0 N–H and O–H groups in total. The highest BCUT2D eigenvalue weighted by Crippen LogP contribution is 2.32. The Morgan fingerprint density at radius 2 is 1.58 bits per heavy atom. The summed E-state index contributed by atoms with van der Waals surface area (Å²) < 4.78 is 3.34. The predicted molar refractivity (Wildman–Crippen MR) is 103 cm³/mol. The normalized spacial score (nSPS) is 11.5. The van der Waals surface area contributed by atoms with Gasteiger partial charge in [0.05, 0.1) is 16.7 Å². The second kappa shape index (κ2) is 5.18. The lowest BCUT2D eigenvalue weighted by molar-refractivity contribution is 1.25. The van der Waals surface area contributed by atoms with Gasteiger partial charge in [0.25, 0.3) is 0 Å². The maximum Gasteiger partial charge on any atom is 0.146 e. The number of hydrogen-bond donors (Lipinski definition) is 0. The van der Waals surface area contributed by atoms with Crippen molar-refractivity contribution in [2.24, 2.45) is 0 Å². The van der Waals surface area contributed by atoms with Crippen LogP contribution in [0.4, 0.5) is 0 Å². The molecule has 3 heteroatoms. The van der Waals surface area contributed by atoms with E-state index < -0.39 is 0 Å². The Labute approximate surface area is 147 Å². The molecule has 3 aromatic carbocycles. The van der Waals surface area contributed by atoms with Crippen LogP contribution in [0.2, 0.25) is 0 Å². The van der Waals surface area contributed by atoms with Crippen LogP contribution in [0.1, 0.15) is 0 Å². The minimum absolute atomic E-state index is 1.00. The smallest absolute Gasteiger partial charge is 0.146 e. The molecule has 0 saturated carbocycles. The third-order valence-corrected chi connectivity index (χ3v) is 4.91. The molecule has 0 bridgehead atoms. The third-order valence-electron chi connectivity index (χ3n) is 4.42. The van der Waals surface area contributed by atoms with Crippen LogP contribution in [-0.4, -0.2) is 9.38 Å². The first kappa shape index (κ1) is 13.8. The van der Waals surface area contributed by atoms with Crippen LogP contribution >= 0.6 is 15.9 Å². The van der Waals surface area contributed by atoms with Gasteiger partial charge < -0.3 is 0 Å². The van der Waals surface area contributed by atoms with Gasteiger partial charge in [-0.15, -0.1) is 0 Å². The van der Waals surface area contributed by atoms with Gasteiger partial charge in [-0.3, -0.25) is 4.40 Å². The van der Waals surface area contributed by atoms with Crippen LogP contribution in [0.25, 0.3) is 38.7 Å². The SMILES string of the molecule is Brc1ccc2c(c1)cc(-c1ccccc1)n1c3ccccc3nc21. The van der Waals surface area contributed by atoms with Gasteiger partial charge in [0.15, 0.2) is 0 Å². The number of para-hydroxylation sites is 2. The quantitative estimate of drug-likeness (QED) is 0.349. The highest BCUT2D eigenvalue weighted by atomic mass is 79.9. The lowest BCUT2D eigenvalue weighted by Crippen LogP contribution is -1.93. The van der Waals surface area contributed by atoms with Crippen molar-refractivity contribution in [1.29, 1.82) is 0 Å². The van der Waals surface area contributed by atoms with Gasteiger partial charge in [0.1, 0.15) is 5.65 Å². The molecule has 0 spiro atoms. The van der Waals surface area contributed by atoms with Crippen LogP contribution in [-0.2, 0) is 0 Å². The molecule has 5 rings (SSSR count). The molecular formula is C21H13BrN2. The molecule has 0 radical (unpaired) electrons. The van der Waals surface area contributed by atoms with Crippen molar-refractivity contribution >= 4 is 43.4 Å². The Morgan fingerprint density at radius 1 is 0.792 bits per heavy atom. The topological polar surface area (TPSA) is 17.3 Å². The monoisotopic (exact) mass is 372 g/mol. The second-order valence-corrected chi connectivity index (χ2v) is 6.80. The van der Waals surface area contributed by atoms with E-state index in [1.807, 2.05) is 12.1 Å². The molecule has 0 saturated heterocycles. The summed E-state index contributed by atoms with van der Waals surface area (Å²) in [5.41, 5.74) is 5.50. The fourth-order valence-corrected chi connectivity index (χ4v) is 3.72. The molecule has 2 heterocycles.